The Morgan fingerprint density at radius 3 is 2.91 bits per heavy atom. The molecule has 1 aromatic carbocycles. The number of halogens is 1. The van der Waals surface area contributed by atoms with Gasteiger partial charge in [-0.1, -0.05) is 0 Å². The molecule has 0 unspecified atom stereocenters. The van der Waals surface area contributed by atoms with Gasteiger partial charge in [0.05, 0.1) is 18.9 Å². The Balaban J connectivity index is 1.65. The molecule has 0 aliphatic carbocycles. The molecule has 0 atom stereocenters. The SMILES string of the molecule is O=C1CCc2cc(-c3csc(N4CCOCC4)n3)c(F)cc2N1. The zero-order chi connectivity index (χ0) is 15.8. The van der Waals surface area contributed by atoms with Crippen molar-refractivity contribution in [1.29, 1.82) is 0 Å². The van der Waals surface area contributed by atoms with E-state index >= 15 is 0 Å². The second-order valence-electron chi connectivity index (χ2n) is 5.65. The average molecular weight is 333 g/mol. The molecule has 1 fully saturated rings. The summed E-state index contributed by atoms with van der Waals surface area (Å²) in [5.74, 6) is -0.419. The van der Waals surface area contributed by atoms with Gasteiger partial charge in [-0.3, -0.25) is 4.79 Å². The second kappa shape index (κ2) is 5.90. The Morgan fingerprint density at radius 2 is 2.09 bits per heavy atom. The van der Waals surface area contributed by atoms with Gasteiger partial charge in [-0.05, 0) is 24.1 Å². The van der Waals surface area contributed by atoms with Crippen LogP contribution in [0.2, 0.25) is 0 Å². The summed E-state index contributed by atoms with van der Waals surface area (Å²) in [6.45, 7) is 3.01. The highest BCUT2D eigenvalue weighted by Gasteiger charge is 2.20. The summed E-state index contributed by atoms with van der Waals surface area (Å²) in [5.41, 5.74) is 2.68. The van der Waals surface area contributed by atoms with Gasteiger partial charge in [0.15, 0.2) is 5.13 Å². The third kappa shape index (κ3) is 2.82. The molecular weight excluding hydrogens is 317 g/mol. The Hall–Kier alpha value is -1.99. The minimum atomic E-state index is -0.357. The van der Waals surface area contributed by atoms with Crippen LogP contribution in [0, 0.1) is 5.82 Å². The molecule has 1 amide bonds. The fourth-order valence-electron chi connectivity index (χ4n) is 2.89. The van der Waals surface area contributed by atoms with E-state index in [4.69, 9.17) is 4.74 Å². The molecule has 2 aliphatic rings. The van der Waals surface area contributed by atoms with E-state index in [0.717, 1.165) is 23.8 Å². The molecule has 0 spiro atoms. The van der Waals surface area contributed by atoms with Crippen molar-refractivity contribution in [2.75, 3.05) is 36.5 Å². The molecule has 23 heavy (non-hydrogen) atoms. The minimum absolute atomic E-state index is 0.0621. The van der Waals surface area contributed by atoms with Gasteiger partial charge < -0.3 is 15.0 Å². The van der Waals surface area contributed by atoms with Gasteiger partial charge in [0.2, 0.25) is 5.91 Å². The fraction of sp³-hybridized carbons (Fsp3) is 0.375. The van der Waals surface area contributed by atoms with Crippen molar-refractivity contribution < 1.29 is 13.9 Å². The molecule has 0 radical (unpaired) electrons. The lowest BCUT2D eigenvalue weighted by atomic mass is 9.99. The van der Waals surface area contributed by atoms with Gasteiger partial charge in [0, 0.05) is 36.1 Å². The number of hydrogen-bond acceptors (Lipinski definition) is 5. The highest BCUT2D eigenvalue weighted by atomic mass is 32.1. The molecule has 1 saturated heterocycles. The number of thiazole rings is 1. The van der Waals surface area contributed by atoms with Crippen molar-refractivity contribution in [2.45, 2.75) is 12.8 Å². The Bertz CT molecular complexity index is 756. The standard InChI is InChI=1S/C16H16FN3O2S/c17-12-8-13-10(1-2-15(21)18-13)7-11(12)14-9-23-16(19-14)20-3-5-22-6-4-20/h7-9H,1-6H2,(H,18,21). The number of hydrogen-bond donors (Lipinski definition) is 1. The lowest BCUT2D eigenvalue weighted by Crippen LogP contribution is -2.36. The predicted octanol–water partition coefficient (Wildman–Crippen LogP) is 2.67. The van der Waals surface area contributed by atoms with Crippen LogP contribution in [0.1, 0.15) is 12.0 Å². The first kappa shape index (κ1) is 14.6. The topological polar surface area (TPSA) is 54.5 Å². The van der Waals surface area contributed by atoms with E-state index in [1.165, 1.54) is 17.4 Å². The summed E-state index contributed by atoms with van der Waals surface area (Å²) in [6, 6.07) is 3.21. The van der Waals surface area contributed by atoms with Crippen LogP contribution in [0.4, 0.5) is 15.2 Å². The van der Waals surface area contributed by atoms with Gasteiger partial charge in [0.25, 0.3) is 0 Å². The van der Waals surface area contributed by atoms with Crippen molar-refractivity contribution in [3.8, 4) is 11.3 Å². The van der Waals surface area contributed by atoms with Crippen LogP contribution < -0.4 is 10.2 Å². The maximum atomic E-state index is 14.4. The van der Waals surface area contributed by atoms with Gasteiger partial charge in [-0.15, -0.1) is 11.3 Å². The van der Waals surface area contributed by atoms with Gasteiger partial charge in [-0.25, -0.2) is 9.37 Å². The average Bonchev–Trinajstić information content (AvgIpc) is 3.05. The zero-order valence-electron chi connectivity index (χ0n) is 12.5. The maximum Gasteiger partial charge on any atom is 0.224 e. The highest BCUT2D eigenvalue weighted by molar-refractivity contribution is 7.14. The number of amides is 1. The van der Waals surface area contributed by atoms with Crippen LogP contribution in [0.5, 0.6) is 0 Å². The largest absolute Gasteiger partial charge is 0.378 e. The summed E-state index contributed by atoms with van der Waals surface area (Å²) in [7, 11) is 0. The third-order valence-corrected chi connectivity index (χ3v) is 5.04. The van der Waals surface area contributed by atoms with E-state index in [9.17, 15) is 9.18 Å². The van der Waals surface area contributed by atoms with Crippen LogP contribution in [-0.2, 0) is 16.0 Å². The quantitative estimate of drug-likeness (QED) is 0.918. The summed E-state index contributed by atoms with van der Waals surface area (Å²) < 4.78 is 19.8. The zero-order valence-corrected chi connectivity index (χ0v) is 13.3. The lowest BCUT2D eigenvalue weighted by Gasteiger charge is -2.26. The van der Waals surface area contributed by atoms with Crippen LogP contribution in [-0.4, -0.2) is 37.2 Å². The maximum absolute atomic E-state index is 14.4. The Morgan fingerprint density at radius 1 is 1.26 bits per heavy atom. The van der Waals surface area contributed by atoms with E-state index in [1.54, 1.807) is 0 Å². The first-order valence-corrected chi connectivity index (χ1v) is 8.49. The third-order valence-electron chi connectivity index (χ3n) is 4.14. The van der Waals surface area contributed by atoms with Crippen molar-refractivity contribution in [2.24, 2.45) is 0 Å². The van der Waals surface area contributed by atoms with Crippen molar-refractivity contribution in [3.63, 3.8) is 0 Å². The van der Waals surface area contributed by atoms with Gasteiger partial charge in [-0.2, -0.15) is 0 Å². The lowest BCUT2D eigenvalue weighted by molar-refractivity contribution is -0.116. The summed E-state index contributed by atoms with van der Waals surface area (Å²) >= 11 is 1.52. The van der Waals surface area contributed by atoms with Crippen molar-refractivity contribution in [3.05, 3.63) is 28.9 Å². The van der Waals surface area contributed by atoms with Crippen LogP contribution in [0.3, 0.4) is 0 Å². The Labute approximate surface area is 137 Å². The van der Waals surface area contributed by atoms with Crippen LogP contribution >= 0.6 is 11.3 Å². The number of rotatable bonds is 2. The van der Waals surface area contributed by atoms with Crippen LogP contribution in [0.15, 0.2) is 17.5 Å². The number of ether oxygens (including phenoxy) is 1. The summed E-state index contributed by atoms with van der Waals surface area (Å²) in [4.78, 5) is 18.2. The molecule has 0 saturated carbocycles. The number of aromatic nitrogens is 1. The molecule has 2 aromatic rings. The fourth-order valence-corrected chi connectivity index (χ4v) is 3.77. The molecular formula is C16H16FN3O2S. The molecule has 1 N–H and O–H groups in total. The molecule has 120 valence electrons. The number of nitrogens with zero attached hydrogens (tertiary/aromatic N) is 2. The number of carbonyl (C=O) groups excluding carboxylic acids is 1. The van der Waals surface area contributed by atoms with E-state index in [2.05, 4.69) is 15.2 Å². The first-order valence-electron chi connectivity index (χ1n) is 7.61. The molecule has 3 heterocycles. The minimum Gasteiger partial charge on any atom is -0.378 e. The number of aryl methyl sites for hydroxylation is 1. The molecule has 7 heteroatoms. The van der Waals surface area contributed by atoms with Gasteiger partial charge in [0.1, 0.15) is 5.82 Å². The van der Waals surface area contributed by atoms with Crippen LogP contribution in [0.25, 0.3) is 11.3 Å². The van der Waals surface area contributed by atoms with E-state index in [1.807, 2.05) is 11.4 Å². The second-order valence-corrected chi connectivity index (χ2v) is 6.49. The smallest absolute Gasteiger partial charge is 0.224 e. The number of nitrogens with one attached hydrogen (secondary N) is 1. The number of morpholine rings is 1. The molecule has 1 aromatic heterocycles. The van der Waals surface area contributed by atoms with E-state index < -0.39 is 0 Å². The normalized spacial score (nSPS) is 17.8. The monoisotopic (exact) mass is 333 g/mol. The van der Waals surface area contributed by atoms with Crippen molar-refractivity contribution >= 4 is 28.1 Å². The van der Waals surface area contributed by atoms with Crippen molar-refractivity contribution in [1.82, 2.24) is 4.98 Å². The summed E-state index contributed by atoms with van der Waals surface area (Å²) in [5, 5.41) is 5.50. The van der Waals surface area contributed by atoms with Gasteiger partial charge >= 0.3 is 0 Å². The predicted molar refractivity (Wildman–Crippen MR) is 87.5 cm³/mol. The number of fused-ring (bicyclic) bond motifs is 1. The first-order chi connectivity index (χ1) is 11.2. The van der Waals surface area contributed by atoms with E-state index in [-0.39, 0.29) is 11.7 Å². The molecule has 4 rings (SSSR count). The highest BCUT2D eigenvalue weighted by Crippen LogP contribution is 2.34. The molecule has 0 bridgehead atoms. The van der Waals surface area contributed by atoms with E-state index in [0.29, 0.717) is 43.0 Å². The number of anilines is 2. The molecule has 2 aliphatic heterocycles. The molecule has 5 nitrogen and oxygen atoms in total. The number of benzene rings is 1. The number of carbonyl (C=O) groups is 1. The Kier molecular flexibility index (Phi) is 3.74. The summed E-state index contributed by atoms with van der Waals surface area (Å²) in [6.07, 6.45) is 1.07.